The second-order valence-corrected chi connectivity index (χ2v) is 9.15. The van der Waals surface area contributed by atoms with Crippen molar-refractivity contribution in [2.24, 2.45) is 0 Å². The number of amides is 1. The summed E-state index contributed by atoms with van der Waals surface area (Å²) in [6.45, 7) is 8.86. The smallest absolute Gasteiger partial charge is 0.360 e. The van der Waals surface area contributed by atoms with Crippen LogP contribution in [-0.2, 0) is 9.53 Å². The van der Waals surface area contributed by atoms with Crippen LogP contribution in [0, 0.1) is 6.92 Å². The summed E-state index contributed by atoms with van der Waals surface area (Å²) in [7, 11) is 4.73. The number of rotatable bonds is 9. The highest BCUT2D eigenvalue weighted by Crippen LogP contribution is 2.33. The molecule has 3 aromatic carbocycles. The van der Waals surface area contributed by atoms with Gasteiger partial charge in [0.05, 0.1) is 21.3 Å². The molecule has 9 nitrogen and oxygen atoms in total. The van der Waals surface area contributed by atoms with Crippen LogP contribution in [0.3, 0.4) is 0 Å². The lowest BCUT2D eigenvalue weighted by atomic mass is 10.0. The summed E-state index contributed by atoms with van der Waals surface area (Å²) in [5, 5.41) is 3.21. The number of anilines is 1. The molecule has 0 saturated carbocycles. The maximum absolute atomic E-state index is 13.1. The Kier molecular flexibility index (Phi) is 11.3. The van der Waals surface area contributed by atoms with Gasteiger partial charge >= 0.3 is 11.6 Å². The Morgan fingerprint density at radius 2 is 1.72 bits per heavy atom. The highest BCUT2D eigenvalue weighted by atomic mass is 16.5. The number of methoxy groups -OCH3 is 3. The minimum atomic E-state index is -0.723. The minimum Gasteiger partial charge on any atom is -0.497 e. The fourth-order valence-electron chi connectivity index (χ4n) is 4.01. The first-order chi connectivity index (χ1) is 20.6. The third kappa shape index (κ3) is 8.13. The van der Waals surface area contributed by atoms with E-state index in [9.17, 15) is 14.4 Å². The fourth-order valence-corrected chi connectivity index (χ4v) is 4.01. The van der Waals surface area contributed by atoms with Gasteiger partial charge in [-0.15, -0.1) is 0 Å². The lowest BCUT2D eigenvalue weighted by Crippen LogP contribution is -2.18. The number of aryl methyl sites for hydroxylation is 1. The van der Waals surface area contributed by atoms with Crippen molar-refractivity contribution in [2.75, 3.05) is 26.6 Å². The molecule has 4 aromatic rings. The van der Waals surface area contributed by atoms with Gasteiger partial charge in [0.15, 0.2) is 0 Å². The summed E-state index contributed by atoms with van der Waals surface area (Å²) < 4.78 is 26.3. The van der Waals surface area contributed by atoms with Gasteiger partial charge < -0.3 is 28.7 Å². The number of benzene rings is 3. The van der Waals surface area contributed by atoms with E-state index < -0.39 is 17.5 Å². The van der Waals surface area contributed by atoms with Gasteiger partial charge in [-0.1, -0.05) is 31.7 Å². The molecule has 1 amide bonds. The van der Waals surface area contributed by atoms with Crippen LogP contribution in [0.4, 0.5) is 5.69 Å². The van der Waals surface area contributed by atoms with E-state index in [1.165, 1.54) is 6.07 Å². The SMILES string of the molecule is C=C(/C=C\C)OC.CCC(=O)Oc1ccc2cc(NC(=O)c3ccc(OC)c(-c4cccc(OC)c4)c3)c(=O)oc2c1C. The summed E-state index contributed by atoms with van der Waals surface area (Å²) in [5.41, 5.74) is 1.89. The monoisotopic (exact) mass is 585 g/mol. The van der Waals surface area contributed by atoms with E-state index in [1.54, 1.807) is 71.6 Å². The van der Waals surface area contributed by atoms with Crippen molar-refractivity contribution in [1.82, 2.24) is 0 Å². The molecule has 1 heterocycles. The predicted octanol–water partition coefficient (Wildman–Crippen LogP) is 7.08. The molecule has 0 bridgehead atoms. The van der Waals surface area contributed by atoms with Gasteiger partial charge in [-0.3, -0.25) is 9.59 Å². The van der Waals surface area contributed by atoms with E-state index in [-0.39, 0.29) is 17.7 Å². The number of hydrogen-bond donors (Lipinski definition) is 1. The van der Waals surface area contributed by atoms with Crippen molar-refractivity contribution >= 4 is 28.5 Å². The van der Waals surface area contributed by atoms with Crippen molar-refractivity contribution < 1.29 is 33.0 Å². The average molecular weight is 586 g/mol. The first-order valence-electron chi connectivity index (χ1n) is 13.4. The lowest BCUT2D eigenvalue weighted by molar-refractivity contribution is -0.134. The van der Waals surface area contributed by atoms with Gasteiger partial charge in [0, 0.05) is 28.5 Å². The standard InChI is InChI=1S/C28H25NO7.C6H10O/c1-5-25(30)35-23-11-9-18-15-22(28(32)36-26(18)16(23)2)29-27(31)19-10-12-24(34-4)21(14-19)17-7-6-8-20(13-17)33-3;1-4-5-6(2)7-3/h6-15H,5H2,1-4H3,(H,29,31);4-5H,2H2,1,3H3/b;5-4-. The van der Waals surface area contributed by atoms with Crippen LogP contribution in [0.15, 0.2) is 94.4 Å². The number of fused-ring (bicyclic) bond motifs is 1. The zero-order valence-electron chi connectivity index (χ0n) is 25.1. The number of nitrogens with one attached hydrogen (secondary N) is 1. The van der Waals surface area contributed by atoms with Gasteiger partial charge in [0.2, 0.25) is 0 Å². The molecule has 224 valence electrons. The van der Waals surface area contributed by atoms with Gasteiger partial charge in [0.25, 0.3) is 5.91 Å². The van der Waals surface area contributed by atoms with Crippen LogP contribution in [0.1, 0.15) is 36.2 Å². The number of ether oxygens (including phenoxy) is 4. The topological polar surface area (TPSA) is 113 Å². The second kappa shape index (κ2) is 15.1. The molecule has 0 aliphatic heterocycles. The summed E-state index contributed by atoms with van der Waals surface area (Å²) in [4.78, 5) is 37.4. The largest absolute Gasteiger partial charge is 0.497 e. The molecular formula is C34H35NO8. The third-order valence-electron chi connectivity index (χ3n) is 6.32. The van der Waals surface area contributed by atoms with Gasteiger partial charge in [0.1, 0.15) is 34.3 Å². The van der Waals surface area contributed by atoms with E-state index in [1.807, 2.05) is 37.3 Å². The highest BCUT2D eigenvalue weighted by Gasteiger charge is 2.17. The maximum atomic E-state index is 13.1. The summed E-state index contributed by atoms with van der Waals surface area (Å²) in [6.07, 6.45) is 3.91. The Labute approximate surface area is 250 Å². The van der Waals surface area contributed by atoms with E-state index in [2.05, 4.69) is 11.9 Å². The molecule has 0 saturated heterocycles. The second-order valence-electron chi connectivity index (χ2n) is 9.15. The summed E-state index contributed by atoms with van der Waals surface area (Å²) >= 11 is 0. The number of hydrogen-bond acceptors (Lipinski definition) is 8. The average Bonchev–Trinajstić information content (AvgIpc) is 3.03. The summed E-state index contributed by atoms with van der Waals surface area (Å²) in [5.74, 6) is 1.39. The quantitative estimate of drug-likeness (QED) is 0.0729. The number of allylic oxidation sites excluding steroid dienone is 2. The van der Waals surface area contributed by atoms with E-state index in [0.29, 0.717) is 45.1 Å². The van der Waals surface area contributed by atoms with Crippen LogP contribution in [0.5, 0.6) is 17.2 Å². The number of carbonyl (C=O) groups excluding carboxylic acids is 2. The number of carbonyl (C=O) groups is 2. The molecule has 0 aliphatic rings. The van der Waals surface area contributed by atoms with Gasteiger partial charge in [-0.25, -0.2) is 4.79 Å². The van der Waals surface area contributed by atoms with Crippen molar-refractivity contribution in [1.29, 1.82) is 0 Å². The van der Waals surface area contributed by atoms with Crippen molar-refractivity contribution in [2.45, 2.75) is 27.2 Å². The molecule has 1 aromatic heterocycles. The Balaban J connectivity index is 0.000000646. The Bertz CT molecular complexity index is 1720. The van der Waals surface area contributed by atoms with Crippen LogP contribution < -0.4 is 25.2 Å². The van der Waals surface area contributed by atoms with Crippen molar-refractivity contribution in [3.8, 4) is 28.4 Å². The van der Waals surface area contributed by atoms with E-state index in [0.717, 1.165) is 5.56 Å². The fraction of sp³-hybridized carbons (Fsp3) is 0.206. The number of esters is 1. The molecule has 0 radical (unpaired) electrons. The normalized spacial score (nSPS) is 10.5. The minimum absolute atomic E-state index is 0.0102. The Morgan fingerprint density at radius 1 is 0.977 bits per heavy atom. The zero-order chi connectivity index (χ0) is 31.5. The molecule has 1 N–H and O–H groups in total. The molecule has 9 heteroatoms. The van der Waals surface area contributed by atoms with Crippen LogP contribution in [0.2, 0.25) is 0 Å². The highest BCUT2D eigenvalue weighted by molar-refractivity contribution is 6.05. The van der Waals surface area contributed by atoms with E-state index in [4.69, 9.17) is 23.4 Å². The lowest BCUT2D eigenvalue weighted by Gasteiger charge is -2.13. The molecule has 0 aliphatic carbocycles. The van der Waals surface area contributed by atoms with Crippen LogP contribution in [0.25, 0.3) is 22.1 Å². The van der Waals surface area contributed by atoms with Crippen molar-refractivity contribution in [3.63, 3.8) is 0 Å². The van der Waals surface area contributed by atoms with Crippen LogP contribution in [-0.4, -0.2) is 33.2 Å². The summed E-state index contributed by atoms with van der Waals surface area (Å²) in [6, 6.07) is 17.2. The first kappa shape index (κ1) is 32.2. The maximum Gasteiger partial charge on any atom is 0.360 e. The molecule has 0 unspecified atom stereocenters. The Morgan fingerprint density at radius 3 is 2.35 bits per heavy atom. The molecular weight excluding hydrogens is 550 g/mol. The molecule has 0 spiro atoms. The molecule has 43 heavy (non-hydrogen) atoms. The molecule has 0 fully saturated rings. The third-order valence-corrected chi connectivity index (χ3v) is 6.32. The van der Waals surface area contributed by atoms with Crippen molar-refractivity contribution in [3.05, 3.63) is 107 Å². The van der Waals surface area contributed by atoms with E-state index >= 15 is 0 Å². The molecule has 4 rings (SSSR count). The predicted molar refractivity (Wildman–Crippen MR) is 167 cm³/mol. The zero-order valence-corrected chi connectivity index (χ0v) is 25.1. The van der Waals surface area contributed by atoms with Gasteiger partial charge in [-0.05, 0) is 74.0 Å². The Hall–Kier alpha value is -5.31. The first-order valence-corrected chi connectivity index (χ1v) is 13.4. The van der Waals surface area contributed by atoms with Crippen LogP contribution >= 0.6 is 0 Å². The molecule has 0 atom stereocenters. The van der Waals surface area contributed by atoms with Gasteiger partial charge in [-0.2, -0.15) is 0 Å².